The number of methoxy groups -OCH3 is 2. The highest BCUT2D eigenvalue weighted by Crippen LogP contribution is 2.50. The van der Waals surface area contributed by atoms with Gasteiger partial charge in [0.1, 0.15) is 71.5 Å². The van der Waals surface area contributed by atoms with Gasteiger partial charge in [0.15, 0.2) is 22.5 Å². The Hall–Kier alpha value is -3.67. The van der Waals surface area contributed by atoms with Crippen molar-refractivity contribution in [1.82, 2.24) is 0 Å². The van der Waals surface area contributed by atoms with Crippen LogP contribution in [0.15, 0.2) is 27.4 Å². The fourth-order valence-electron chi connectivity index (χ4n) is 5.24. The number of hydrogen-bond donors (Lipinski definition) is 9. The van der Waals surface area contributed by atoms with E-state index in [1.54, 1.807) is 0 Å². The summed E-state index contributed by atoms with van der Waals surface area (Å²) >= 11 is 0. The van der Waals surface area contributed by atoms with Gasteiger partial charge in [-0.15, -0.1) is 0 Å². The molecule has 2 saturated heterocycles. The number of fused-ring (bicyclic) bond motifs is 1. The molecule has 2 fully saturated rings. The molecule has 0 aliphatic carbocycles. The van der Waals surface area contributed by atoms with Crippen molar-refractivity contribution in [3.63, 3.8) is 0 Å². The molecule has 2 aliphatic heterocycles. The van der Waals surface area contributed by atoms with Gasteiger partial charge in [-0.2, -0.15) is 0 Å². The standard InChI is InChI=1S/C27H30O15/c1-38-13-3-8(4-14(39-2)20(13)33)12-5-9(28)15-21(34)16(26-23(36)18(31)10(29)6-40-26)22(35)17(25(15)42-12)27-24(37)19(32)11(30)7-41-27/h3-5,10-11,18-19,23-24,26-27,29-37H,6-7H2,1-2H3/t10-,11+,18-,19+,23-,24+,26+,27-/m1/s1. The van der Waals surface area contributed by atoms with Gasteiger partial charge in [0, 0.05) is 11.6 Å². The molecule has 0 unspecified atom stereocenters. The molecule has 5 rings (SSSR count). The predicted octanol–water partition coefficient (Wildman–Crippen LogP) is -1.10. The molecule has 42 heavy (non-hydrogen) atoms. The Morgan fingerprint density at radius 2 is 1.19 bits per heavy atom. The molecule has 2 aromatic carbocycles. The molecule has 9 N–H and O–H groups in total. The van der Waals surface area contributed by atoms with Crippen LogP contribution >= 0.6 is 0 Å². The van der Waals surface area contributed by atoms with E-state index in [1.165, 1.54) is 26.4 Å². The molecule has 3 aromatic rings. The van der Waals surface area contributed by atoms with Gasteiger partial charge in [-0.25, -0.2) is 0 Å². The summed E-state index contributed by atoms with van der Waals surface area (Å²) in [5, 5.41) is 94.4. The van der Waals surface area contributed by atoms with Crippen LogP contribution in [0, 0.1) is 0 Å². The minimum absolute atomic E-state index is 0.0410. The zero-order chi connectivity index (χ0) is 30.6. The van der Waals surface area contributed by atoms with Crippen LogP contribution in [0.1, 0.15) is 23.3 Å². The minimum Gasteiger partial charge on any atom is -0.507 e. The van der Waals surface area contributed by atoms with Crippen LogP contribution in [-0.4, -0.2) is 110 Å². The third kappa shape index (κ3) is 4.69. The largest absolute Gasteiger partial charge is 0.507 e. The first-order chi connectivity index (χ1) is 19.9. The maximum Gasteiger partial charge on any atom is 0.200 e. The summed E-state index contributed by atoms with van der Waals surface area (Å²) in [4.78, 5) is 13.5. The zero-order valence-corrected chi connectivity index (χ0v) is 22.2. The highest BCUT2D eigenvalue weighted by molar-refractivity contribution is 5.92. The Bertz CT molecular complexity index is 1530. The Kier molecular flexibility index (Phi) is 7.95. The molecule has 0 amide bonds. The lowest BCUT2D eigenvalue weighted by Gasteiger charge is -2.38. The van der Waals surface area contributed by atoms with E-state index in [1.807, 2.05) is 0 Å². The van der Waals surface area contributed by atoms with Crippen LogP contribution in [0.2, 0.25) is 0 Å². The maximum absolute atomic E-state index is 13.5. The first kappa shape index (κ1) is 29.8. The molecule has 15 heteroatoms. The summed E-state index contributed by atoms with van der Waals surface area (Å²) in [5.41, 5.74) is -2.27. The topological polar surface area (TPSA) is 249 Å². The van der Waals surface area contributed by atoms with Gasteiger partial charge in [0.2, 0.25) is 5.75 Å². The third-order valence-corrected chi connectivity index (χ3v) is 7.53. The van der Waals surface area contributed by atoms with Crippen molar-refractivity contribution < 1.29 is 69.3 Å². The summed E-state index contributed by atoms with van der Waals surface area (Å²) in [6.07, 6.45) is -13.6. The molecule has 0 spiro atoms. The molecular weight excluding hydrogens is 564 g/mol. The lowest BCUT2D eigenvalue weighted by Crippen LogP contribution is -2.49. The molecule has 2 aliphatic rings. The number of aliphatic hydroxyl groups excluding tert-OH is 6. The summed E-state index contributed by atoms with van der Waals surface area (Å²) < 4.78 is 27.3. The molecule has 0 saturated carbocycles. The van der Waals surface area contributed by atoms with Crippen molar-refractivity contribution in [2.45, 2.75) is 48.8 Å². The average molecular weight is 595 g/mol. The lowest BCUT2D eigenvalue weighted by atomic mass is 9.87. The average Bonchev–Trinajstić information content (AvgIpc) is 2.96. The van der Waals surface area contributed by atoms with E-state index in [0.717, 1.165) is 6.07 Å². The highest BCUT2D eigenvalue weighted by Gasteiger charge is 2.46. The van der Waals surface area contributed by atoms with E-state index in [2.05, 4.69) is 0 Å². The number of benzene rings is 2. The first-order valence-corrected chi connectivity index (χ1v) is 12.7. The van der Waals surface area contributed by atoms with E-state index >= 15 is 0 Å². The van der Waals surface area contributed by atoms with Crippen molar-refractivity contribution in [2.24, 2.45) is 0 Å². The van der Waals surface area contributed by atoms with Crippen LogP contribution in [0.3, 0.4) is 0 Å². The fourth-order valence-corrected chi connectivity index (χ4v) is 5.24. The quantitative estimate of drug-likeness (QED) is 0.170. The van der Waals surface area contributed by atoms with Crippen molar-refractivity contribution in [2.75, 3.05) is 27.4 Å². The van der Waals surface area contributed by atoms with Gasteiger partial charge < -0.3 is 69.3 Å². The van der Waals surface area contributed by atoms with Gasteiger partial charge in [-0.3, -0.25) is 4.79 Å². The Morgan fingerprint density at radius 1 is 0.690 bits per heavy atom. The van der Waals surface area contributed by atoms with E-state index in [-0.39, 0.29) is 28.6 Å². The van der Waals surface area contributed by atoms with Gasteiger partial charge in [-0.05, 0) is 12.1 Å². The molecule has 3 heterocycles. The fraction of sp³-hybridized carbons (Fsp3) is 0.444. The summed E-state index contributed by atoms with van der Waals surface area (Å²) in [6, 6.07) is 3.62. The Morgan fingerprint density at radius 3 is 1.69 bits per heavy atom. The van der Waals surface area contributed by atoms with E-state index in [9.17, 15) is 50.8 Å². The summed E-state index contributed by atoms with van der Waals surface area (Å²) in [5.74, 6) is -2.37. The van der Waals surface area contributed by atoms with Crippen molar-refractivity contribution in [3.8, 4) is 40.1 Å². The zero-order valence-electron chi connectivity index (χ0n) is 22.2. The smallest absolute Gasteiger partial charge is 0.200 e. The molecule has 228 valence electrons. The predicted molar refractivity (Wildman–Crippen MR) is 139 cm³/mol. The third-order valence-electron chi connectivity index (χ3n) is 7.53. The second kappa shape index (κ2) is 11.2. The number of hydrogen-bond acceptors (Lipinski definition) is 15. The van der Waals surface area contributed by atoms with Crippen molar-refractivity contribution in [3.05, 3.63) is 39.5 Å². The Balaban J connectivity index is 1.81. The van der Waals surface area contributed by atoms with Gasteiger partial charge in [0.05, 0.1) is 38.6 Å². The molecule has 0 bridgehead atoms. The second-order valence-corrected chi connectivity index (χ2v) is 10.0. The van der Waals surface area contributed by atoms with Crippen LogP contribution in [-0.2, 0) is 9.47 Å². The van der Waals surface area contributed by atoms with E-state index < -0.39 is 101 Å². The van der Waals surface area contributed by atoms with Gasteiger partial charge in [-0.1, -0.05) is 0 Å². The van der Waals surface area contributed by atoms with Crippen LogP contribution in [0.5, 0.6) is 28.7 Å². The molecule has 0 radical (unpaired) electrons. The number of aliphatic hydroxyl groups is 6. The van der Waals surface area contributed by atoms with Crippen LogP contribution in [0.25, 0.3) is 22.3 Å². The van der Waals surface area contributed by atoms with E-state index in [4.69, 9.17) is 23.4 Å². The lowest BCUT2D eigenvalue weighted by molar-refractivity contribution is -0.191. The number of phenolic OH excluding ortho intramolecular Hbond substituents is 3. The number of aromatic hydroxyl groups is 3. The molecule has 1 aromatic heterocycles. The van der Waals surface area contributed by atoms with Gasteiger partial charge >= 0.3 is 0 Å². The molecule has 8 atom stereocenters. The normalized spacial score (nSPS) is 29.9. The van der Waals surface area contributed by atoms with E-state index in [0.29, 0.717) is 0 Å². The number of ether oxygens (including phenoxy) is 4. The molecular formula is C27H30O15. The van der Waals surface area contributed by atoms with Crippen LogP contribution < -0.4 is 14.9 Å². The monoisotopic (exact) mass is 594 g/mol. The summed E-state index contributed by atoms with van der Waals surface area (Å²) in [7, 11) is 2.56. The Labute approximate surface area is 236 Å². The van der Waals surface area contributed by atoms with Crippen molar-refractivity contribution in [1.29, 1.82) is 0 Å². The number of rotatable bonds is 5. The minimum atomic E-state index is -1.89. The first-order valence-electron chi connectivity index (χ1n) is 12.7. The highest BCUT2D eigenvalue weighted by atomic mass is 16.5. The van der Waals surface area contributed by atoms with Crippen LogP contribution in [0.4, 0.5) is 0 Å². The van der Waals surface area contributed by atoms with Crippen molar-refractivity contribution >= 4 is 11.0 Å². The summed E-state index contributed by atoms with van der Waals surface area (Å²) in [6.45, 7) is -1.02. The molecule has 15 nitrogen and oxygen atoms in total. The number of phenols is 3. The second-order valence-electron chi connectivity index (χ2n) is 10.0. The van der Waals surface area contributed by atoms with Gasteiger partial charge in [0.25, 0.3) is 0 Å². The maximum atomic E-state index is 13.5. The SMILES string of the molecule is COc1cc(-c2cc(=O)c3c(O)c([C@@H]4OC[C@@H](O)[C@@H](O)[C@H]4O)c(O)c([C@H]4OC[C@H](O)[C@H](O)[C@@H]4O)c3o2)cc(OC)c1O.